The summed E-state index contributed by atoms with van der Waals surface area (Å²) in [6.45, 7) is 2.53. The first kappa shape index (κ1) is 22.6. The van der Waals surface area contributed by atoms with Gasteiger partial charge in [0.25, 0.3) is 11.8 Å². The van der Waals surface area contributed by atoms with E-state index in [2.05, 4.69) is 22.5 Å². The van der Waals surface area contributed by atoms with Gasteiger partial charge in [-0.1, -0.05) is 16.5 Å². The lowest BCUT2D eigenvalue weighted by Gasteiger charge is -2.51. The molecule has 11 nitrogen and oxygen atoms in total. The minimum Gasteiger partial charge on any atom is -0.543 e. The molecule has 0 bridgehead atoms. The molecule has 2 saturated heterocycles. The fraction of sp³-hybridized carbons (Fsp3) is 0.526. The molecule has 2 fully saturated rings. The molecule has 172 valence electrons. The van der Waals surface area contributed by atoms with Crippen LogP contribution in [-0.4, -0.2) is 88.8 Å². The third-order valence-electron chi connectivity index (χ3n) is 5.90. The lowest BCUT2D eigenvalue weighted by molar-refractivity contribution is -0.893. The Balaban J connectivity index is 1.52. The molecule has 32 heavy (non-hydrogen) atoms. The normalized spacial score (nSPS) is 24.8. The van der Waals surface area contributed by atoms with E-state index in [-0.39, 0.29) is 16.5 Å². The first-order valence-electron chi connectivity index (χ1n) is 10.1. The van der Waals surface area contributed by atoms with Crippen molar-refractivity contribution in [3.05, 3.63) is 22.3 Å². The van der Waals surface area contributed by atoms with E-state index in [0.717, 1.165) is 41.8 Å². The van der Waals surface area contributed by atoms with Crippen LogP contribution in [0, 0.1) is 0 Å². The Kier molecular flexibility index (Phi) is 6.14. The number of likely N-dealkylation sites (N-methyl/N-ethyl adjacent to an activating group) is 1. The fourth-order valence-electron chi connectivity index (χ4n) is 4.41. The first-order chi connectivity index (χ1) is 15.2. The Morgan fingerprint density at radius 2 is 2.16 bits per heavy atom. The zero-order valence-corrected chi connectivity index (χ0v) is 19.3. The largest absolute Gasteiger partial charge is 0.543 e. The predicted molar refractivity (Wildman–Crippen MR) is 117 cm³/mol. The Labute approximate surface area is 192 Å². The minimum absolute atomic E-state index is 0.0587. The van der Waals surface area contributed by atoms with Crippen LogP contribution in [0.25, 0.3) is 0 Å². The first-order valence-corrected chi connectivity index (χ1v) is 12.0. The van der Waals surface area contributed by atoms with Crippen molar-refractivity contribution in [2.75, 3.05) is 45.3 Å². The number of hydrogen-bond donors (Lipinski definition) is 2. The molecule has 0 aliphatic carbocycles. The number of aromatic nitrogens is 1. The summed E-state index contributed by atoms with van der Waals surface area (Å²) in [4.78, 5) is 48.0. The molecule has 0 radical (unpaired) electrons. The highest BCUT2D eigenvalue weighted by Crippen LogP contribution is 2.41. The molecular weight excluding hydrogens is 456 g/mol. The van der Waals surface area contributed by atoms with E-state index < -0.39 is 29.2 Å². The van der Waals surface area contributed by atoms with Crippen LogP contribution in [0.3, 0.4) is 0 Å². The van der Waals surface area contributed by atoms with Gasteiger partial charge >= 0.3 is 0 Å². The summed E-state index contributed by atoms with van der Waals surface area (Å²) < 4.78 is 0.758. The Morgan fingerprint density at radius 3 is 2.75 bits per heavy atom. The van der Waals surface area contributed by atoms with E-state index in [1.807, 2.05) is 0 Å². The van der Waals surface area contributed by atoms with E-state index in [1.165, 1.54) is 30.0 Å². The molecule has 2 unspecified atom stereocenters. The van der Waals surface area contributed by atoms with Crippen LogP contribution in [0.5, 0.6) is 0 Å². The van der Waals surface area contributed by atoms with E-state index in [0.29, 0.717) is 22.7 Å². The van der Waals surface area contributed by atoms with Crippen LogP contribution in [0.1, 0.15) is 17.7 Å². The number of fused-ring (bicyclic) bond motifs is 1. The summed E-state index contributed by atoms with van der Waals surface area (Å²) in [5, 5.41) is 18.1. The van der Waals surface area contributed by atoms with Crippen molar-refractivity contribution in [2.24, 2.45) is 5.16 Å². The van der Waals surface area contributed by atoms with Gasteiger partial charge in [0.15, 0.2) is 10.8 Å². The minimum atomic E-state index is -1.36. The topological polar surface area (TPSA) is 150 Å². The maximum absolute atomic E-state index is 12.9. The Bertz CT molecular complexity index is 1020. The number of aliphatic carboxylic acids is 1. The summed E-state index contributed by atoms with van der Waals surface area (Å²) in [5.74, 6) is -2.02. The standard InChI is InChI=1S/C19H24N6O5S2/c1-25(5-3-4-6-25)8-10-9-31-17-13(16(27)24(17)14(10)18(28)29)22-15(26)12(23-30-2)11-7-21-19(20)32-11/h7,13,17H,3-6,8-9H2,1-2H3,(H3-,20,21,22,23,26,28,29). The van der Waals surface area contributed by atoms with Crippen LogP contribution >= 0.6 is 23.1 Å². The lowest BCUT2D eigenvalue weighted by atomic mass is 10.0. The van der Waals surface area contributed by atoms with Crippen molar-refractivity contribution in [1.82, 2.24) is 15.2 Å². The van der Waals surface area contributed by atoms with Gasteiger partial charge in [-0.3, -0.25) is 14.5 Å². The third kappa shape index (κ3) is 4.07. The third-order valence-corrected chi connectivity index (χ3v) is 8.07. The number of carboxylic acid groups (broad SMARTS) is 1. The maximum atomic E-state index is 12.9. The van der Waals surface area contributed by atoms with Crippen LogP contribution in [0.15, 0.2) is 22.6 Å². The smallest absolute Gasteiger partial charge is 0.275 e. The molecule has 2 atom stereocenters. The second kappa shape index (κ2) is 8.71. The SMILES string of the molecule is CO/N=C(/C(=O)NC1C(=O)N2C(C(=O)[O-])=C(C[N+]3(C)CCCC3)CSC12)c1cnc(N)s1. The van der Waals surface area contributed by atoms with Gasteiger partial charge in [-0.15, -0.1) is 11.8 Å². The molecule has 1 aromatic heterocycles. The van der Waals surface area contributed by atoms with E-state index in [4.69, 9.17) is 10.6 Å². The van der Waals surface area contributed by atoms with Gasteiger partial charge in [-0.25, -0.2) is 4.98 Å². The molecule has 0 saturated carbocycles. The van der Waals surface area contributed by atoms with Crippen LogP contribution < -0.4 is 16.2 Å². The number of likely N-dealkylation sites (tertiary alicyclic amines) is 1. The fourth-order valence-corrected chi connectivity index (χ4v) is 6.41. The molecule has 3 N–H and O–H groups in total. The molecule has 3 aliphatic heterocycles. The number of anilines is 1. The quantitative estimate of drug-likeness (QED) is 0.212. The van der Waals surface area contributed by atoms with Crippen molar-refractivity contribution in [3.63, 3.8) is 0 Å². The second-order valence-electron chi connectivity index (χ2n) is 8.22. The van der Waals surface area contributed by atoms with Crippen molar-refractivity contribution in [1.29, 1.82) is 0 Å². The second-order valence-corrected chi connectivity index (χ2v) is 10.4. The molecule has 3 aliphatic rings. The number of β-lactam (4-membered cyclic amide) rings is 1. The summed E-state index contributed by atoms with van der Waals surface area (Å²) in [7, 11) is 3.40. The van der Waals surface area contributed by atoms with Crippen molar-refractivity contribution >= 4 is 51.7 Å². The number of quaternary nitrogens is 1. The van der Waals surface area contributed by atoms with Crippen molar-refractivity contribution < 1.29 is 28.8 Å². The summed E-state index contributed by atoms with van der Waals surface area (Å²) in [6, 6.07) is -0.882. The summed E-state index contributed by atoms with van der Waals surface area (Å²) >= 11 is 2.49. The molecule has 0 aromatic carbocycles. The van der Waals surface area contributed by atoms with Gasteiger partial charge in [0.05, 0.1) is 36.7 Å². The van der Waals surface area contributed by atoms with E-state index in [1.54, 1.807) is 0 Å². The monoisotopic (exact) mass is 480 g/mol. The molecule has 13 heteroatoms. The highest BCUT2D eigenvalue weighted by molar-refractivity contribution is 8.00. The number of rotatable bonds is 7. The number of nitrogen functional groups attached to an aromatic ring is 1. The predicted octanol–water partition coefficient (Wildman–Crippen LogP) is -1.28. The number of carboxylic acids is 1. The van der Waals surface area contributed by atoms with Gasteiger partial charge in [-0.05, 0) is 0 Å². The average molecular weight is 481 g/mol. The number of nitrogens with one attached hydrogen (secondary N) is 1. The number of carbonyl (C=O) groups excluding carboxylic acids is 3. The summed E-state index contributed by atoms with van der Waals surface area (Å²) in [6.07, 6.45) is 3.61. The number of thioether (sulfide) groups is 1. The van der Waals surface area contributed by atoms with Crippen molar-refractivity contribution in [3.8, 4) is 0 Å². The van der Waals surface area contributed by atoms with Gasteiger partial charge in [0.1, 0.15) is 25.1 Å². The van der Waals surface area contributed by atoms with Gasteiger partial charge in [0, 0.05) is 30.4 Å². The van der Waals surface area contributed by atoms with Crippen LogP contribution in [0.2, 0.25) is 0 Å². The number of nitrogens with two attached hydrogens (primary N) is 1. The van der Waals surface area contributed by atoms with Gasteiger partial charge in [0.2, 0.25) is 0 Å². The molecule has 4 heterocycles. The number of thiazole rings is 1. The molecule has 0 spiro atoms. The van der Waals surface area contributed by atoms with Gasteiger partial charge < -0.3 is 30.3 Å². The molecule has 2 amide bonds. The van der Waals surface area contributed by atoms with E-state index in [9.17, 15) is 19.5 Å². The Morgan fingerprint density at radius 1 is 1.44 bits per heavy atom. The van der Waals surface area contributed by atoms with Crippen LogP contribution in [0.4, 0.5) is 5.13 Å². The zero-order chi connectivity index (χ0) is 23.0. The highest BCUT2D eigenvalue weighted by Gasteiger charge is 2.53. The zero-order valence-electron chi connectivity index (χ0n) is 17.7. The number of amides is 2. The lowest BCUT2D eigenvalue weighted by Crippen LogP contribution is -2.71. The number of hydrogen-bond acceptors (Lipinski definition) is 10. The van der Waals surface area contributed by atoms with Gasteiger partial charge in [-0.2, -0.15) is 0 Å². The molecular formula is C19H24N6O5S2. The maximum Gasteiger partial charge on any atom is 0.275 e. The average Bonchev–Trinajstić information content (AvgIpc) is 3.37. The van der Waals surface area contributed by atoms with Crippen molar-refractivity contribution in [2.45, 2.75) is 24.3 Å². The summed E-state index contributed by atoms with van der Waals surface area (Å²) in [5.41, 5.74) is 6.22. The number of oxime groups is 1. The highest BCUT2D eigenvalue weighted by atomic mass is 32.2. The number of nitrogens with zero attached hydrogens (tertiary/aromatic N) is 4. The molecule has 1 aromatic rings. The Hall–Kier alpha value is -2.64. The number of carbonyl (C=O) groups is 3. The molecule has 4 rings (SSSR count). The van der Waals surface area contributed by atoms with E-state index >= 15 is 0 Å². The van der Waals surface area contributed by atoms with Crippen LogP contribution in [-0.2, 0) is 19.2 Å².